The van der Waals surface area contributed by atoms with Gasteiger partial charge in [-0.2, -0.15) is 0 Å². The summed E-state index contributed by atoms with van der Waals surface area (Å²) in [6, 6.07) is 23.4. The number of allylic oxidation sites excluding steroid dienone is 2. The topological polar surface area (TPSA) is 49.4 Å². The molecule has 2 amide bonds. The highest BCUT2D eigenvalue weighted by atomic mass is 32.2. The van der Waals surface area contributed by atoms with Crippen LogP contribution in [-0.2, 0) is 9.59 Å². The second-order valence-electron chi connectivity index (χ2n) is 6.67. The molecule has 0 radical (unpaired) electrons. The van der Waals surface area contributed by atoms with E-state index in [2.05, 4.69) is 5.32 Å². The Morgan fingerprint density at radius 2 is 1.73 bits per heavy atom. The van der Waals surface area contributed by atoms with Gasteiger partial charge in [0.05, 0.1) is 4.91 Å². The highest BCUT2D eigenvalue weighted by molar-refractivity contribution is 8.26. The van der Waals surface area contributed by atoms with Crippen LogP contribution in [0.15, 0.2) is 89.9 Å². The molecule has 148 valence electrons. The largest absolute Gasteiger partial charge is 0.325 e. The van der Waals surface area contributed by atoms with E-state index in [0.29, 0.717) is 14.9 Å². The second-order valence-corrected chi connectivity index (χ2v) is 8.35. The van der Waals surface area contributed by atoms with E-state index < -0.39 is 0 Å². The molecule has 1 saturated heterocycles. The van der Waals surface area contributed by atoms with E-state index in [-0.39, 0.29) is 18.4 Å². The molecule has 1 aliphatic heterocycles. The van der Waals surface area contributed by atoms with E-state index in [1.165, 1.54) is 16.7 Å². The van der Waals surface area contributed by atoms with Gasteiger partial charge in [0, 0.05) is 5.69 Å². The van der Waals surface area contributed by atoms with Gasteiger partial charge in [-0.25, -0.2) is 0 Å². The van der Waals surface area contributed by atoms with Crippen LogP contribution in [-0.4, -0.2) is 27.6 Å². The molecule has 3 aromatic rings. The van der Waals surface area contributed by atoms with Crippen molar-refractivity contribution >= 4 is 62.7 Å². The van der Waals surface area contributed by atoms with Gasteiger partial charge in [0.2, 0.25) is 5.91 Å². The predicted octanol–water partition coefficient (Wildman–Crippen LogP) is 5.24. The molecule has 0 bridgehead atoms. The Labute approximate surface area is 184 Å². The molecule has 0 spiro atoms. The number of hydrogen-bond acceptors (Lipinski definition) is 4. The van der Waals surface area contributed by atoms with Crippen LogP contribution in [0, 0.1) is 0 Å². The Morgan fingerprint density at radius 3 is 2.53 bits per heavy atom. The van der Waals surface area contributed by atoms with Crippen LogP contribution in [0.3, 0.4) is 0 Å². The Kier molecular flexibility index (Phi) is 6.07. The average Bonchev–Trinajstić information content (AvgIpc) is 3.02. The van der Waals surface area contributed by atoms with Gasteiger partial charge in [-0.05, 0) is 34.5 Å². The van der Waals surface area contributed by atoms with Crippen molar-refractivity contribution in [2.45, 2.75) is 0 Å². The van der Waals surface area contributed by atoms with Crippen LogP contribution in [0.1, 0.15) is 5.56 Å². The molecular weight excluding hydrogens is 412 g/mol. The minimum absolute atomic E-state index is 0.114. The SMILES string of the molecule is O=C(CN1C(=O)/C(=C/C=C/c2ccccc2)SC1=S)Nc1ccc2ccccc2c1. The van der Waals surface area contributed by atoms with Crippen molar-refractivity contribution in [2.24, 2.45) is 0 Å². The maximum atomic E-state index is 12.7. The van der Waals surface area contributed by atoms with Gasteiger partial charge in [-0.3, -0.25) is 14.5 Å². The number of carbonyl (C=O) groups excluding carboxylic acids is 2. The van der Waals surface area contributed by atoms with Crippen molar-refractivity contribution in [3.05, 3.63) is 95.4 Å². The van der Waals surface area contributed by atoms with Gasteiger partial charge in [0.25, 0.3) is 5.91 Å². The zero-order valence-electron chi connectivity index (χ0n) is 15.9. The van der Waals surface area contributed by atoms with E-state index in [4.69, 9.17) is 12.2 Å². The van der Waals surface area contributed by atoms with Crippen molar-refractivity contribution in [3.8, 4) is 0 Å². The number of nitrogens with one attached hydrogen (secondary N) is 1. The van der Waals surface area contributed by atoms with E-state index in [1.54, 1.807) is 6.08 Å². The Hall–Kier alpha value is -3.22. The first-order valence-corrected chi connectivity index (χ1v) is 10.6. The predicted molar refractivity (Wildman–Crippen MR) is 128 cm³/mol. The monoisotopic (exact) mass is 430 g/mol. The highest BCUT2D eigenvalue weighted by Gasteiger charge is 2.33. The maximum Gasteiger partial charge on any atom is 0.266 e. The van der Waals surface area contributed by atoms with Crippen molar-refractivity contribution in [1.82, 2.24) is 4.90 Å². The smallest absolute Gasteiger partial charge is 0.266 e. The summed E-state index contributed by atoms with van der Waals surface area (Å²) in [5.74, 6) is -0.543. The summed E-state index contributed by atoms with van der Waals surface area (Å²) in [6.07, 6.45) is 5.46. The lowest BCUT2D eigenvalue weighted by molar-refractivity contribution is -0.126. The summed E-state index contributed by atoms with van der Waals surface area (Å²) in [4.78, 5) is 27.0. The molecule has 3 aromatic carbocycles. The zero-order chi connectivity index (χ0) is 20.9. The normalized spacial score (nSPS) is 15.5. The molecule has 4 rings (SSSR count). The minimum atomic E-state index is -0.289. The fourth-order valence-electron chi connectivity index (χ4n) is 3.07. The van der Waals surface area contributed by atoms with Crippen molar-refractivity contribution < 1.29 is 9.59 Å². The van der Waals surface area contributed by atoms with Gasteiger partial charge < -0.3 is 5.32 Å². The number of benzene rings is 3. The Bertz CT molecular complexity index is 1190. The Morgan fingerprint density at radius 1 is 1.00 bits per heavy atom. The summed E-state index contributed by atoms with van der Waals surface area (Å²) in [5, 5.41) is 4.98. The van der Waals surface area contributed by atoms with Gasteiger partial charge in [0.15, 0.2) is 0 Å². The van der Waals surface area contributed by atoms with Crippen molar-refractivity contribution in [1.29, 1.82) is 0 Å². The minimum Gasteiger partial charge on any atom is -0.325 e. The van der Waals surface area contributed by atoms with E-state index in [0.717, 1.165) is 16.3 Å². The first-order chi connectivity index (χ1) is 14.6. The molecule has 1 fully saturated rings. The summed E-state index contributed by atoms with van der Waals surface area (Å²) >= 11 is 6.51. The molecule has 1 aliphatic rings. The summed E-state index contributed by atoms with van der Waals surface area (Å²) in [6.45, 7) is -0.114. The van der Waals surface area contributed by atoms with Crippen molar-refractivity contribution in [2.75, 3.05) is 11.9 Å². The van der Waals surface area contributed by atoms with Gasteiger partial charge in [-0.1, -0.05) is 96.8 Å². The van der Waals surface area contributed by atoms with Crippen LogP contribution in [0.25, 0.3) is 16.8 Å². The average molecular weight is 431 g/mol. The number of amides is 2. The fourth-order valence-corrected chi connectivity index (χ4v) is 4.28. The molecule has 1 heterocycles. The third-order valence-electron chi connectivity index (χ3n) is 4.54. The molecule has 0 aliphatic carbocycles. The first kappa shape index (κ1) is 20.1. The number of hydrogen-bond donors (Lipinski definition) is 1. The number of anilines is 1. The second kappa shape index (κ2) is 9.07. The Balaban J connectivity index is 1.40. The number of nitrogens with zero attached hydrogens (tertiary/aromatic N) is 1. The number of fused-ring (bicyclic) bond motifs is 1. The molecule has 4 nitrogen and oxygen atoms in total. The molecule has 0 unspecified atom stereocenters. The molecule has 6 heteroatoms. The lowest BCUT2D eigenvalue weighted by atomic mass is 10.1. The van der Waals surface area contributed by atoms with E-state index >= 15 is 0 Å². The molecular formula is C24H18N2O2S2. The third-order valence-corrected chi connectivity index (χ3v) is 5.94. The number of carbonyl (C=O) groups is 2. The molecule has 0 atom stereocenters. The maximum absolute atomic E-state index is 12.7. The first-order valence-electron chi connectivity index (χ1n) is 9.36. The van der Waals surface area contributed by atoms with Crippen LogP contribution in [0.2, 0.25) is 0 Å². The standard InChI is InChI=1S/C24H18N2O2S2/c27-22(25-20-14-13-18-10-4-5-11-19(18)15-20)16-26-23(28)21(30-24(26)29)12-6-9-17-7-2-1-3-8-17/h1-15H,16H2,(H,25,27)/b9-6+,21-12-. The number of rotatable bonds is 5. The van der Waals surface area contributed by atoms with Crippen molar-refractivity contribution in [3.63, 3.8) is 0 Å². The highest BCUT2D eigenvalue weighted by Crippen LogP contribution is 2.31. The number of thiocarbonyl (C=S) groups is 1. The van der Waals surface area contributed by atoms with Crippen LogP contribution >= 0.6 is 24.0 Å². The van der Waals surface area contributed by atoms with Gasteiger partial charge in [-0.15, -0.1) is 0 Å². The van der Waals surface area contributed by atoms with Crippen LogP contribution < -0.4 is 5.32 Å². The lowest BCUT2D eigenvalue weighted by Crippen LogP contribution is -2.36. The number of thioether (sulfide) groups is 1. The molecule has 0 aromatic heterocycles. The molecule has 30 heavy (non-hydrogen) atoms. The third kappa shape index (κ3) is 4.67. The molecule has 1 N–H and O–H groups in total. The van der Waals surface area contributed by atoms with Gasteiger partial charge >= 0.3 is 0 Å². The summed E-state index contributed by atoms with van der Waals surface area (Å²) in [7, 11) is 0. The van der Waals surface area contributed by atoms with Gasteiger partial charge in [0.1, 0.15) is 10.9 Å². The summed E-state index contributed by atoms with van der Waals surface area (Å²) < 4.78 is 0.382. The molecule has 0 saturated carbocycles. The summed E-state index contributed by atoms with van der Waals surface area (Å²) in [5.41, 5.74) is 1.73. The van der Waals surface area contributed by atoms with Crippen LogP contribution in [0.4, 0.5) is 5.69 Å². The quantitative estimate of drug-likeness (QED) is 0.444. The van der Waals surface area contributed by atoms with E-state index in [9.17, 15) is 9.59 Å². The van der Waals surface area contributed by atoms with E-state index in [1.807, 2.05) is 84.9 Å². The van der Waals surface area contributed by atoms with Crippen LogP contribution in [0.5, 0.6) is 0 Å². The zero-order valence-corrected chi connectivity index (χ0v) is 17.6. The fraction of sp³-hybridized carbons (Fsp3) is 0.0417. The lowest BCUT2D eigenvalue weighted by Gasteiger charge is -2.14.